The topological polar surface area (TPSA) is 81.1 Å². The predicted octanol–water partition coefficient (Wildman–Crippen LogP) is 5.51. The fraction of sp³-hybridized carbons (Fsp3) is 0.292. The Labute approximate surface area is 205 Å². The maximum absolute atomic E-state index is 13.9. The van der Waals surface area contributed by atoms with Crippen LogP contribution in [0.5, 0.6) is 0 Å². The zero-order chi connectivity index (χ0) is 26.8. The molecule has 0 spiro atoms. The van der Waals surface area contributed by atoms with Gasteiger partial charge in [-0.05, 0) is 36.8 Å². The fourth-order valence-corrected chi connectivity index (χ4v) is 4.56. The molecule has 13 heteroatoms. The molecule has 6 nitrogen and oxygen atoms in total. The molecule has 0 saturated heterocycles. The summed E-state index contributed by atoms with van der Waals surface area (Å²) < 4.78 is 94.0. The van der Waals surface area contributed by atoms with Crippen LogP contribution in [0.4, 0.5) is 42.4 Å². The molecule has 1 aromatic carbocycles. The third-order valence-corrected chi connectivity index (χ3v) is 6.52. The van der Waals surface area contributed by atoms with E-state index >= 15 is 0 Å². The number of alkyl halides is 5. The van der Waals surface area contributed by atoms with Crippen molar-refractivity contribution in [3.8, 4) is 11.5 Å². The first-order chi connectivity index (χ1) is 17.3. The molecular formula is C24H19F7N6. The van der Waals surface area contributed by atoms with Gasteiger partial charge in [-0.1, -0.05) is 12.1 Å². The number of imidazole rings is 1. The number of hydrogen-bond donors (Lipinski definition) is 2. The van der Waals surface area contributed by atoms with E-state index in [1.54, 1.807) is 12.1 Å². The summed E-state index contributed by atoms with van der Waals surface area (Å²) in [6.45, 7) is 2.16. The lowest BCUT2D eigenvalue weighted by Crippen LogP contribution is -2.36. The summed E-state index contributed by atoms with van der Waals surface area (Å²) in [4.78, 5) is 13.0. The zero-order valence-electron chi connectivity index (χ0n) is 19.2. The van der Waals surface area contributed by atoms with Crippen LogP contribution in [0.3, 0.4) is 0 Å². The van der Waals surface area contributed by atoms with Gasteiger partial charge in [0.15, 0.2) is 5.82 Å². The maximum Gasteiger partial charge on any atom is 0.453 e. The summed E-state index contributed by atoms with van der Waals surface area (Å²) in [7, 11) is 0. The smallest absolute Gasteiger partial charge is 0.383 e. The Balaban J connectivity index is 1.58. The summed E-state index contributed by atoms with van der Waals surface area (Å²) in [5.41, 5.74) is 6.90. The molecule has 1 aliphatic heterocycles. The van der Waals surface area contributed by atoms with Crippen LogP contribution < -0.4 is 11.1 Å². The lowest BCUT2D eigenvalue weighted by molar-refractivity contribution is -0.284. The largest absolute Gasteiger partial charge is 0.453 e. The molecule has 3 N–H and O–H groups in total. The van der Waals surface area contributed by atoms with E-state index in [1.165, 1.54) is 18.2 Å². The van der Waals surface area contributed by atoms with E-state index in [4.69, 9.17) is 5.73 Å². The van der Waals surface area contributed by atoms with E-state index in [2.05, 4.69) is 20.3 Å². The summed E-state index contributed by atoms with van der Waals surface area (Å²) in [6, 6.07) is 8.39. The van der Waals surface area contributed by atoms with Crippen LogP contribution >= 0.6 is 0 Å². The first-order valence-electron chi connectivity index (χ1n) is 11.1. The zero-order valence-corrected chi connectivity index (χ0v) is 19.2. The van der Waals surface area contributed by atoms with Gasteiger partial charge in [0, 0.05) is 36.6 Å². The van der Waals surface area contributed by atoms with E-state index in [9.17, 15) is 30.7 Å². The Bertz CT molecular complexity index is 1510. The second kappa shape index (κ2) is 8.32. The lowest BCUT2D eigenvalue weighted by atomic mass is 9.78. The van der Waals surface area contributed by atoms with Crippen molar-refractivity contribution in [1.29, 1.82) is 0 Å². The Morgan fingerprint density at radius 2 is 1.78 bits per heavy atom. The molecule has 0 radical (unpaired) electrons. The summed E-state index contributed by atoms with van der Waals surface area (Å²) >= 11 is 0. The molecule has 4 heterocycles. The van der Waals surface area contributed by atoms with E-state index in [0.717, 1.165) is 16.7 Å². The number of pyridine rings is 1. The van der Waals surface area contributed by atoms with Gasteiger partial charge in [-0.25, -0.2) is 23.7 Å². The first-order valence-corrected chi connectivity index (χ1v) is 11.1. The summed E-state index contributed by atoms with van der Waals surface area (Å²) in [6.07, 6.45) is -7.17. The molecule has 0 amide bonds. The number of nitrogen functional groups attached to an aromatic ring is 1. The minimum absolute atomic E-state index is 0.0287. The van der Waals surface area contributed by atoms with Crippen molar-refractivity contribution in [2.24, 2.45) is 0 Å². The van der Waals surface area contributed by atoms with E-state index < -0.39 is 42.0 Å². The van der Waals surface area contributed by atoms with Crippen LogP contribution in [-0.4, -0.2) is 38.0 Å². The molecule has 1 atom stereocenters. The third kappa shape index (κ3) is 4.11. The Hall–Kier alpha value is -3.90. The number of fused-ring (bicyclic) bond motifs is 2. The van der Waals surface area contributed by atoms with Crippen LogP contribution in [0.25, 0.3) is 17.0 Å². The normalized spacial score (nSPS) is 17.7. The van der Waals surface area contributed by atoms with Gasteiger partial charge in [0.05, 0.1) is 5.52 Å². The maximum atomic E-state index is 13.9. The highest BCUT2D eigenvalue weighted by Gasteiger charge is 2.56. The van der Waals surface area contributed by atoms with Gasteiger partial charge >= 0.3 is 12.1 Å². The molecule has 4 aromatic rings. The number of rotatable bonds is 5. The summed E-state index contributed by atoms with van der Waals surface area (Å²) in [5.74, 6) is -6.01. The van der Waals surface area contributed by atoms with Crippen LogP contribution in [0.2, 0.25) is 0 Å². The van der Waals surface area contributed by atoms with Crippen molar-refractivity contribution in [1.82, 2.24) is 19.4 Å². The lowest BCUT2D eigenvalue weighted by Gasteiger charge is -2.25. The summed E-state index contributed by atoms with van der Waals surface area (Å²) in [5, 5.41) is 3.11. The van der Waals surface area contributed by atoms with Gasteiger partial charge in [-0.2, -0.15) is 22.0 Å². The van der Waals surface area contributed by atoms with Crippen molar-refractivity contribution in [3.63, 3.8) is 0 Å². The average Bonchev–Trinajstić information content (AvgIpc) is 3.35. The minimum atomic E-state index is -5.73. The number of benzene rings is 1. The van der Waals surface area contributed by atoms with Crippen molar-refractivity contribution >= 4 is 17.2 Å². The number of nitrogens with one attached hydrogen (secondary N) is 1. The Morgan fingerprint density at radius 1 is 1.03 bits per heavy atom. The molecular weight excluding hydrogens is 505 g/mol. The second-order valence-corrected chi connectivity index (χ2v) is 9.03. The van der Waals surface area contributed by atoms with Crippen LogP contribution in [0.1, 0.15) is 30.3 Å². The number of hydrogen-bond acceptors (Lipinski definition) is 5. The van der Waals surface area contributed by atoms with Gasteiger partial charge in [0.25, 0.3) is 0 Å². The molecule has 0 saturated carbocycles. The highest BCUT2D eigenvalue weighted by Crippen LogP contribution is 2.44. The Kier molecular flexibility index (Phi) is 5.57. The van der Waals surface area contributed by atoms with Gasteiger partial charge in [0.1, 0.15) is 34.8 Å². The standard InChI is InChI=1S/C24H19F7N6/c1-22(12-3-2-4-13(25)9-12)11-33-20-17(22)19(32)35-21(36-20)18-15-6-5-14(26)10-37(15)16(34-18)7-8-23(27,28)24(29,30)31/h2-6,9-10H,7-8,11H2,1H3,(H3,32,33,35,36). The number of aryl methyl sites for hydroxylation is 1. The van der Waals surface area contributed by atoms with Crippen LogP contribution in [0, 0.1) is 11.6 Å². The monoisotopic (exact) mass is 524 g/mol. The van der Waals surface area contributed by atoms with Crippen molar-refractivity contribution in [2.45, 2.75) is 37.3 Å². The SMILES string of the molecule is CC1(c2cccc(F)c2)CNc2nc(-c3nc(CCC(F)(F)C(F)(F)F)n4cc(F)ccc34)nc(N)c21. The van der Waals surface area contributed by atoms with Gasteiger partial charge < -0.3 is 15.5 Å². The number of aromatic nitrogens is 4. The predicted molar refractivity (Wildman–Crippen MR) is 121 cm³/mol. The third-order valence-electron chi connectivity index (χ3n) is 6.52. The number of nitrogens with two attached hydrogens (primary N) is 1. The van der Waals surface area contributed by atoms with Gasteiger partial charge in [0.2, 0.25) is 0 Å². The minimum Gasteiger partial charge on any atom is -0.383 e. The number of nitrogens with zero attached hydrogens (tertiary/aromatic N) is 4. The van der Waals surface area contributed by atoms with Gasteiger partial charge in [-0.3, -0.25) is 0 Å². The van der Waals surface area contributed by atoms with E-state index in [0.29, 0.717) is 23.5 Å². The van der Waals surface area contributed by atoms with Crippen molar-refractivity contribution in [2.75, 3.05) is 17.6 Å². The Morgan fingerprint density at radius 3 is 2.49 bits per heavy atom. The van der Waals surface area contributed by atoms with E-state index in [-0.39, 0.29) is 28.7 Å². The quantitative estimate of drug-likeness (QED) is 0.337. The first kappa shape index (κ1) is 24.8. The molecule has 0 aliphatic carbocycles. The average molecular weight is 524 g/mol. The number of halogens is 7. The van der Waals surface area contributed by atoms with Gasteiger partial charge in [-0.15, -0.1) is 0 Å². The molecule has 37 heavy (non-hydrogen) atoms. The molecule has 0 bridgehead atoms. The molecule has 3 aromatic heterocycles. The van der Waals surface area contributed by atoms with E-state index in [1.807, 2.05) is 6.92 Å². The van der Waals surface area contributed by atoms with Crippen LogP contribution in [0.15, 0.2) is 42.6 Å². The van der Waals surface area contributed by atoms with Crippen LogP contribution in [-0.2, 0) is 11.8 Å². The second-order valence-electron chi connectivity index (χ2n) is 9.03. The molecule has 5 rings (SSSR count). The highest BCUT2D eigenvalue weighted by atomic mass is 19.4. The van der Waals surface area contributed by atoms with Crippen molar-refractivity contribution < 1.29 is 30.7 Å². The van der Waals surface area contributed by atoms with Crippen molar-refractivity contribution in [3.05, 3.63) is 71.2 Å². The highest BCUT2D eigenvalue weighted by molar-refractivity contribution is 5.77. The molecule has 194 valence electrons. The molecule has 0 fully saturated rings. The fourth-order valence-electron chi connectivity index (χ4n) is 4.56. The molecule has 1 aliphatic rings. The molecule has 1 unspecified atom stereocenters. The number of anilines is 2.